The zero-order valence-corrected chi connectivity index (χ0v) is 14.6. The number of anilines is 1. The van der Waals surface area contributed by atoms with Gasteiger partial charge in [0.15, 0.2) is 5.82 Å². The van der Waals surface area contributed by atoms with Crippen LogP contribution in [0.1, 0.15) is 6.92 Å². The zero-order valence-electron chi connectivity index (χ0n) is 13.0. The first kappa shape index (κ1) is 20.5. The minimum atomic E-state index is -5.22. The maximum Gasteiger partial charge on any atom is 0.426 e. The minimum Gasteiger partial charge on any atom is -0.373 e. The SMILES string of the molecule is CC(O)(C(=O)Nc1ccc(Sc2ccc(F)cc2)c(F)c1Cl)C(F)(F)F. The van der Waals surface area contributed by atoms with Crippen molar-refractivity contribution < 1.29 is 31.9 Å². The number of carbonyl (C=O) groups excluding carboxylic acids is 1. The van der Waals surface area contributed by atoms with Crippen molar-refractivity contribution >= 4 is 35.0 Å². The van der Waals surface area contributed by atoms with Crippen molar-refractivity contribution in [2.75, 3.05) is 5.32 Å². The van der Waals surface area contributed by atoms with Crippen molar-refractivity contribution in [3.63, 3.8) is 0 Å². The predicted octanol–water partition coefficient (Wildman–Crippen LogP) is 5.02. The number of alkyl halides is 3. The van der Waals surface area contributed by atoms with Gasteiger partial charge >= 0.3 is 6.18 Å². The molecule has 10 heteroatoms. The quantitative estimate of drug-likeness (QED) is 0.694. The highest BCUT2D eigenvalue weighted by Gasteiger charge is 2.55. The lowest BCUT2D eigenvalue weighted by atomic mass is 10.1. The van der Waals surface area contributed by atoms with Crippen molar-refractivity contribution in [1.29, 1.82) is 0 Å². The van der Waals surface area contributed by atoms with Crippen LogP contribution in [0, 0.1) is 11.6 Å². The van der Waals surface area contributed by atoms with Gasteiger partial charge in [0.25, 0.3) is 5.91 Å². The molecule has 2 aromatic carbocycles. The molecule has 3 nitrogen and oxygen atoms in total. The van der Waals surface area contributed by atoms with Crippen LogP contribution in [0.5, 0.6) is 0 Å². The average molecular weight is 412 g/mol. The molecule has 0 aliphatic heterocycles. The second-order valence-electron chi connectivity index (χ2n) is 5.32. The molecular formula is C16H11ClF5NO2S. The number of amides is 1. The normalized spacial score (nSPS) is 14.0. The van der Waals surface area contributed by atoms with Crippen LogP contribution in [0.15, 0.2) is 46.2 Å². The minimum absolute atomic E-state index is 0.0159. The van der Waals surface area contributed by atoms with E-state index in [0.717, 1.165) is 17.8 Å². The Hall–Kier alpha value is -1.84. The summed E-state index contributed by atoms with van der Waals surface area (Å²) in [6.07, 6.45) is -5.22. The lowest BCUT2D eigenvalue weighted by molar-refractivity contribution is -0.242. The largest absolute Gasteiger partial charge is 0.426 e. The third-order valence-electron chi connectivity index (χ3n) is 3.33. The van der Waals surface area contributed by atoms with E-state index in [9.17, 15) is 31.9 Å². The third-order valence-corrected chi connectivity index (χ3v) is 4.74. The summed E-state index contributed by atoms with van der Waals surface area (Å²) in [5.74, 6) is -3.25. The number of rotatable bonds is 4. The fraction of sp³-hybridized carbons (Fsp3) is 0.188. The van der Waals surface area contributed by atoms with Gasteiger partial charge in [-0.3, -0.25) is 4.79 Å². The molecule has 0 saturated carbocycles. The molecule has 0 bridgehead atoms. The monoisotopic (exact) mass is 411 g/mol. The molecule has 0 spiro atoms. The van der Waals surface area contributed by atoms with Gasteiger partial charge in [0, 0.05) is 9.79 Å². The molecule has 2 N–H and O–H groups in total. The lowest BCUT2D eigenvalue weighted by Crippen LogP contribution is -2.52. The van der Waals surface area contributed by atoms with E-state index in [-0.39, 0.29) is 11.8 Å². The van der Waals surface area contributed by atoms with Gasteiger partial charge in [0.1, 0.15) is 10.8 Å². The van der Waals surface area contributed by atoms with Crippen molar-refractivity contribution in [2.24, 2.45) is 0 Å². The molecule has 0 aliphatic rings. The van der Waals surface area contributed by atoms with Crippen LogP contribution in [0.3, 0.4) is 0 Å². The molecule has 0 saturated heterocycles. The summed E-state index contributed by atoms with van der Waals surface area (Å²) in [6, 6.07) is 7.45. The molecule has 0 aromatic heterocycles. The first-order chi connectivity index (χ1) is 11.9. The maximum atomic E-state index is 14.3. The van der Waals surface area contributed by atoms with Crippen LogP contribution in [0.2, 0.25) is 5.02 Å². The molecule has 1 unspecified atom stereocenters. The van der Waals surface area contributed by atoms with Gasteiger partial charge in [0.05, 0.1) is 5.69 Å². The molecular weight excluding hydrogens is 401 g/mol. The summed E-state index contributed by atoms with van der Waals surface area (Å²) < 4.78 is 65.2. The molecule has 1 amide bonds. The van der Waals surface area contributed by atoms with Crippen LogP contribution in [0.25, 0.3) is 0 Å². The van der Waals surface area contributed by atoms with E-state index in [1.54, 1.807) is 5.32 Å². The Morgan fingerprint density at radius 1 is 1.12 bits per heavy atom. The molecule has 26 heavy (non-hydrogen) atoms. The van der Waals surface area contributed by atoms with Crippen LogP contribution in [0.4, 0.5) is 27.6 Å². The zero-order chi connectivity index (χ0) is 19.7. The van der Waals surface area contributed by atoms with Gasteiger partial charge in [0.2, 0.25) is 5.60 Å². The van der Waals surface area contributed by atoms with Crippen molar-refractivity contribution in [3.8, 4) is 0 Å². The molecule has 1 atom stereocenters. The first-order valence-corrected chi connectivity index (χ1v) is 8.15. The Morgan fingerprint density at radius 3 is 2.23 bits per heavy atom. The van der Waals surface area contributed by atoms with Crippen molar-refractivity contribution in [1.82, 2.24) is 0 Å². The smallest absolute Gasteiger partial charge is 0.373 e. The van der Waals surface area contributed by atoms with E-state index >= 15 is 0 Å². The van der Waals surface area contributed by atoms with Crippen molar-refractivity contribution in [2.45, 2.75) is 28.5 Å². The molecule has 0 heterocycles. The maximum absolute atomic E-state index is 14.3. The van der Waals surface area contributed by atoms with Gasteiger partial charge in [-0.1, -0.05) is 23.4 Å². The average Bonchev–Trinajstić information content (AvgIpc) is 2.55. The van der Waals surface area contributed by atoms with Gasteiger partial charge in [-0.25, -0.2) is 8.78 Å². The molecule has 0 aliphatic carbocycles. The summed E-state index contributed by atoms with van der Waals surface area (Å²) in [6.45, 7) is 0.269. The van der Waals surface area contributed by atoms with Gasteiger partial charge < -0.3 is 10.4 Å². The lowest BCUT2D eigenvalue weighted by Gasteiger charge is -2.25. The molecule has 0 fully saturated rings. The van der Waals surface area contributed by atoms with E-state index in [4.69, 9.17) is 11.6 Å². The molecule has 2 rings (SSSR count). The highest BCUT2D eigenvalue weighted by Crippen LogP contribution is 2.37. The second-order valence-corrected chi connectivity index (χ2v) is 6.81. The fourth-order valence-electron chi connectivity index (χ4n) is 1.71. The Balaban J connectivity index is 2.24. The summed E-state index contributed by atoms with van der Waals surface area (Å²) in [5, 5.41) is 10.4. The molecule has 0 radical (unpaired) electrons. The van der Waals surface area contributed by atoms with E-state index in [1.165, 1.54) is 30.3 Å². The molecule has 140 valence electrons. The van der Waals surface area contributed by atoms with E-state index in [0.29, 0.717) is 4.90 Å². The Bertz CT molecular complexity index is 825. The van der Waals surface area contributed by atoms with Crippen molar-refractivity contribution in [3.05, 3.63) is 53.1 Å². The Kier molecular flexibility index (Phi) is 5.84. The fourth-order valence-corrected chi connectivity index (χ4v) is 2.83. The number of halogens is 6. The summed E-state index contributed by atoms with van der Waals surface area (Å²) in [7, 11) is 0. The van der Waals surface area contributed by atoms with Crippen LogP contribution >= 0.6 is 23.4 Å². The van der Waals surface area contributed by atoms with Crippen LogP contribution < -0.4 is 5.32 Å². The van der Waals surface area contributed by atoms with Gasteiger partial charge in [-0.15, -0.1) is 0 Å². The predicted molar refractivity (Wildman–Crippen MR) is 87.2 cm³/mol. The molecule has 2 aromatic rings. The topological polar surface area (TPSA) is 49.3 Å². The summed E-state index contributed by atoms with van der Waals surface area (Å²) in [4.78, 5) is 12.2. The van der Waals surface area contributed by atoms with E-state index in [2.05, 4.69) is 0 Å². The highest BCUT2D eigenvalue weighted by molar-refractivity contribution is 7.99. The van der Waals surface area contributed by atoms with E-state index < -0.39 is 40.0 Å². The third kappa shape index (κ3) is 4.28. The van der Waals surface area contributed by atoms with Crippen LogP contribution in [-0.2, 0) is 4.79 Å². The number of aliphatic hydroxyl groups is 1. The van der Waals surface area contributed by atoms with Crippen LogP contribution in [-0.4, -0.2) is 22.8 Å². The number of nitrogens with one attached hydrogen (secondary N) is 1. The number of carbonyl (C=O) groups is 1. The van der Waals surface area contributed by atoms with Gasteiger partial charge in [-0.2, -0.15) is 13.2 Å². The Labute approximate surface area is 154 Å². The second kappa shape index (κ2) is 7.42. The summed E-state index contributed by atoms with van der Waals surface area (Å²) in [5.41, 5.74) is -4.10. The first-order valence-electron chi connectivity index (χ1n) is 6.95. The Morgan fingerprint density at radius 2 is 1.69 bits per heavy atom. The van der Waals surface area contributed by atoms with Gasteiger partial charge in [-0.05, 0) is 43.3 Å². The number of hydrogen-bond acceptors (Lipinski definition) is 3. The standard InChI is InChI=1S/C16H11ClF5NO2S/c1-15(25,16(20,21)22)14(24)23-10-6-7-11(13(19)12(10)17)26-9-4-2-8(18)3-5-9/h2-7,25H,1H3,(H,23,24). The summed E-state index contributed by atoms with van der Waals surface area (Å²) >= 11 is 6.68. The highest BCUT2D eigenvalue weighted by atomic mass is 35.5. The number of benzene rings is 2. The number of hydrogen-bond donors (Lipinski definition) is 2. The van der Waals surface area contributed by atoms with E-state index in [1.807, 2.05) is 0 Å².